The third kappa shape index (κ3) is 4.97. The predicted molar refractivity (Wildman–Crippen MR) is 53.6 cm³/mol. The molecule has 90 valence electrons. The maximum atomic E-state index is 11.8. The van der Waals surface area contributed by atoms with Crippen molar-refractivity contribution in [1.29, 1.82) is 0 Å². The van der Waals surface area contributed by atoms with E-state index in [4.69, 9.17) is 10.5 Å². The van der Waals surface area contributed by atoms with E-state index in [9.17, 15) is 13.2 Å². The third-order valence-corrected chi connectivity index (χ3v) is 1.93. The Kier molecular flexibility index (Phi) is 4.54. The highest BCUT2D eigenvalue weighted by Crippen LogP contribution is 2.21. The zero-order valence-corrected chi connectivity index (χ0v) is 8.63. The number of rotatable bonds is 5. The summed E-state index contributed by atoms with van der Waals surface area (Å²) in [6.07, 6.45) is -3.43. The molecular formula is C10H13F3N2O. The zero-order valence-electron chi connectivity index (χ0n) is 8.63. The minimum atomic E-state index is -4.11. The van der Waals surface area contributed by atoms with E-state index in [-0.39, 0.29) is 19.6 Å². The standard InChI is InChI=1S/C10H13F3N2O/c11-10(12,13)4-2-6-16-7-8-3-1-5-15-9(8)14/h1,3,5H,2,4,6-7H2,(H2,14,15). The van der Waals surface area contributed by atoms with Crippen molar-refractivity contribution in [3.05, 3.63) is 23.9 Å². The lowest BCUT2D eigenvalue weighted by Crippen LogP contribution is -2.09. The van der Waals surface area contributed by atoms with Gasteiger partial charge in [0, 0.05) is 24.8 Å². The van der Waals surface area contributed by atoms with Crippen LogP contribution >= 0.6 is 0 Å². The number of anilines is 1. The van der Waals surface area contributed by atoms with Crippen molar-refractivity contribution in [3.8, 4) is 0 Å². The number of halogens is 3. The van der Waals surface area contributed by atoms with Crippen LogP contribution in [0.1, 0.15) is 18.4 Å². The summed E-state index contributed by atoms with van der Waals surface area (Å²) < 4.78 is 40.4. The first-order valence-electron chi connectivity index (χ1n) is 4.83. The minimum absolute atomic E-state index is 0.0380. The molecule has 0 aliphatic carbocycles. The Morgan fingerprint density at radius 2 is 2.12 bits per heavy atom. The number of aromatic nitrogens is 1. The van der Waals surface area contributed by atoms with Crippen molar-refractivity contribution >= 4 is 5.82 Å². The molecule has 1 heterocycles. The van der Waals surface area contributed by atoms with Gasteiger partial charge >= 0.3 is 6.18 Å². The Morgan fingerprint density at radius 1 is 1.38 bits per heavy atom. The molecule has 1 rings (SSSR count). The summed E-state index contributed by atoms with van der Waals surface area (Å²) in [5.41, 5.74) is 6.22. The van der Waals surface area contributed by atoms with Crippen molar-refractivity contribution in [2.75, 3.05) is 12.3 Å². The first kappa shape index (κ1) is 12.8. The Hall–Kier alpha value is -1.30. The minimum Gasteiger partial charge on any atom is -0.383 e. The highest BCUT2D eigenvalue weighted by molar-refractivity contribution is 5.37. The summed E-state index contributed by atoms with van der Waals surface area (Å²) in [7, 11) is 0. The maximum absolute atomic E-state index is 11.8. The summed E-state index contributed by atoms with van der Waals surface area (Å²) in [6.45, 7) is 0.255. The van der Waals surface area contributed by atoms with Crippen LogP contribution in [-0.2, 0) is 11.3 Å². The van der Waals surface area contributed by atoms with Gasteiger partial charge in [-0.15, -0.1) is 0 Å². The van der Waals surface area contributed by atoms with Gasteiger partial charge in [0.05, 0.1) is 6.61 Å². The number of hydrogen-bond acceptors (Lipinski definition) is 3. The molecule has 1 aromatic rings. The van der Waals surface area contributed by atoms with E-state index in [1.165, 1.54) is 0 Å². The van der Waals surface area contributed by atoms with Gasteiger partial charge in [0.2, 0.25) is 0 Å². The largest absolute Gasteiger partial charge is 0.389 e. The zero-order chi connectivity index (χ0) is 12.0. The van der Waals surface area contributed by atoms with Crippen LogP contribution in [0.3, 0.4) is 0 Å². The molecule has 16 heavy (non-hydrogen) atoms. The van der Waals surface area contributed by atoms with Gasteiger partial charge in [0.15, 0.2) is 0 Å². The fourth-order valence-electron chi connectivity index (χ4n) is 1.13. The van der Waals surface area contributed by atoms with Crippen molar-refractivity contribution in [2.45, 2.75) is 25.6 Å². The fraction of sp³-hybridized carbons (Fsp3) is 0.500. The Balaban J connectivity index is 2.19. The Labute approximate surface area is 91.4 Å². The van der Waals surface area contributed by atoms with E-state index in [0.717, 1.165) is 0 Å². The van der Waals surface area contributed by atoms with Crippen LogP contribution in [0.5, 0.6) is 0 Å². The topological polar surface area (TPSA) is 48.1 Å². The van der Waals surface area contributed by atoms with Crippen LogP contribution in [0, 0.1) is 0 Å². The first-order valence-corrected chi connectivity index (χ1v) is 4.83. The fourth-order valence-corrected chi connectivity index (χ4v) is 1.13. The molecule has 2 N–H and O–H groups in total. The average molecular weight is 234 g/mol. The summed E-state index contributed by atoms with van der Waals surface area (Å²) >= 11 is 0. The Bertz CT molecular complexity index is 328. The second-order valence-electron chi connectivity index (χ2n) is 3.32. The monoisotopic (exact) mass is 234 g/mol. The predicted octanol–water partition coefficient (Wildman–Crippen LogP) is 2.52. The van der Waals surface area contributed by atoms with Crippen LogP contribution in [0.15, 0.2) is 18.3 Å². The van der Waals surface area contributed by atoms with Gasteiger partial charge < -0.3 is 10.5 Å². The van der Waals surface area contributed by atoms with Crippen LogP contribution in [-0.4, -0.2) is 17.8 Å². The number of pyridine rings is 1. The number of nitrogen functional groups attached to an aromatic ring is 1. The number of ether oxygens (including phenoxy) is 1. The molecule has 0 aliphatic rings. The molecule has 0 radical (unpaired) electrons. The normalized spacial score (nSPS) is 11.7. The lowest BCUT2D eigenvalue weighted by molar-refractivity contribution is -0.138. The summed E-state index contributed by atoms with van der Waals surface area (Å²) in [5.74, 6) is 0.346. The molecule has 0 amide bonds. The lowest BCUT2D eigenvalue weighted by Gasteiger charge is -2.07. The Morgan fingerprint density at radius 3 is 2.75 bits per heavy atom. The lowest BCUT2D eigenvalue weighted by atomic mass is 10.3. The summed E-state index contributed by atoms with van der Waals surface area (Å²) in [6, 6.07) is 3.43. The second-order valence-corrected chi connectivity index (χ2v) is 3.32. The van der Waals surface area contributed by atoms with Gasteiger partial charge in [0.25, 0.3) is 0 Å². The van der Waals surface area contributed by atoms with Crippen LogP contribution in [0.4, 0.5) is 19.0 Å². The van der Waals surface area contributed by atoms with E-state index in [0.29, 0.717) is 11.4 Å². The number of hydrogen-bond donors (Lipinski definition) is 1. The van der Waals surface area contributed by atoms with Gasteiger partial charge in [0.1, 0.15) is 5.82 Å². The van der Waals surface area contributed by atoms with Crippen LogP contribution in [0.2, 0.25) is 0 Å². The molecule has 6 heteroatoms. The average Bonchev–Trinajstić information content (AvgIpc) is 2.18. The molecule has 0 bridgehead atoms. The maximum Gasteiger partial charge on any atom is 0.389 e. The van der Waals surface area contributed by atoms with Crippen LogP contribution < -0.4 is 5.73 Å². The second kappa shape index (κ2) is 5.69. The molecule has 0 aromatic carbocycles. The number of nitrogens with zero attached hydrogens (tertiary/aromatic N) is 1. The van der Waals surface area contributed by atoms with E-state index >= 15 is 0 Å². The van der Waals surface area contributed by atoms with Gasteiger partial charge in [-0.05, 0) is 12.5 Å². The molecule has 0 unspecified atom stereocenters. The molecular weight excluding hydrogens is 221 g/mol. The molecule has 0 saturated heterocycles. The highest BCUT2D eigenvalue weighted by Gasteiger charge is 2.25. The molecule has 0 aliphatic heterocycles. The van der Waals surface area contributed by atoms with Crippen molar-refractivity contribution in [1.82, 2.24) is 4.98 Å². The number of alkyl halides is 3. The molecule has 0 atom stereocenters. The smallest absolute Gasteiger partial charge is 0.383 e. The quantitative estimate of drug-likeness (QED) is 0.796. The van der Waals surface area contributed by atoms with E-state index in [1.807, 2.05) is 0 Å². The van der Waals surface area contributed by atoms with Crippen molar-refractivity contribution < 1.29 is 17.9 Å². The summed E-state index contributed by atoms with van der Waals surface area (Å²) in [4.78, 5) is 3.84. The molecule has 0 spiro atoms. The molecule has 1 aromatic heterocycles. The molecule has 0 saturated carbocycles. The third-order valence-electron chi connectivity index (χ3n) is 1.93. The van der Waals surface area contributed by atoms with E-state index < -0.39 is 12.6 Å². The van der Waals surface area contributed by atoms with Gasteiger partial charge in [-0.1, -0.05) is 6.07 Å². The van der Waals surface area contributed by atoms with Gasteiger partial charge in [-0.25, -0.2) is 4.98 Å². The van der Waals surface area contributed by atoms with Crippen molar-refractivity contribution in [2.24, 2.45) is 0 Å². The number of nitrogens with two attached hydrogens (primary N) is 1. The molecule has 3 nitrogen and oxygen atoms in total. The SMILES string of the molecule is Nc1ncccc1COCCCC(F)(F)F. The van der Waals surface area contributed by atoms with Gasteiger partial charge in [-0.2, -0.15) is 13.2 Å². The summed E-state index contributed by atoms with van der Waals surface area (Å²) in [5, 5.41) is 0. The van der Waals surface area contributed by atoms with E-state index in [1.54, 1.807) is 18.3 Å². The van der Waals surface area contributed by atoms with E-state index in [2.05, 4.69) is 4.98 Å². The highest BCUT2D eigenvalue weighted by atomic mass is 19.4. The van der Waals surface area contributed by atoms with Gasteiger partial charge in [-0.3, -0.25) is 0 Å². The van der Waals surface area contributed by atoms with Crippen LogP contribution in [0.25, 0.3) is 0 Å². The first-order chi connectivity index (χ1) is 7.49. The van der Waals surface area contributed by atoms with Crippen molar-refractivity contribution in [3.63, 3.8) is 0 Å². The molecule has 0 fully saturated rings.